The average Bonchev–Trinajstić information content (AvgIpc) is 3.38. The molecule has 10 nitrogen and oxygen atoms in total. The lowest BCUT2D eigenvalue weighted by Gasteiger charge is -2.31. The van der Waals surface area contributed by atoms with Gasteiger partial charge in [0.1, 0.15) is 0 Å². The molecule has 4 aromatic heterocycles. The van der Waals surface area contributed by atoms with E-state index >= 15 is 0 Å². The van der Waals surface area contributed by atoms with Crippen molar-refractivity contribution in [2.24, 2.45) is 0 Å². The number of nitrogens with zero attached hydrogens (tertiary/aromatic N) is 6. The van der Waals surface area contributed by atoms with Crippen LogP contribution in [0.3, 0.4) is 0 Å². The molecule has 0 saturated carbocycles. The quantitative estimate of drug-likeness (QED) is 0.317. The van der Waals surface area contributed by atoms with Crippen LogP contribution in [-0.2, 0) is 16.1 Å². The van der Waals surface area contributed by atoms with Crippen molar-refractivity contribution in [1.29, 1.82) is 0 Å². The van der Waals surface area contributed by atoms with Crippen molar-refractivity contribution in [3.8, 4) is 11.1 Å². The van der Waals surface area contributed by atoms with E-state index in [1.54, 1.807) is 0 Å². The first-order valence-corrected chi connectivity index (χ1v) is 12.2. The SMILES string of the molecule is O=C(O)C(F)(F)F.O=C(O)C(F)(F)F.c1ccc(CN2CCCC(c3nc4ccc(-c5ccncc5)cn4n3)C2)nc1. The first-order valence-electron chi connectivity index (χ1n) is 12.2. The van der Waals surface area contributed by atoms with Gasteiger partial charge in [-0.2, -0.15) is 31.4 Å². The molecule has 1 aliphatic rings. The number of carboxylic acids is 2. The predicted molar refractivity (Wildman–Crippen MR) is 135 cm³/mol. The third-order valence-electron chi connectivity index (χ3n) is 5.83. The van der Waals surface area contributed by atoms with E-state index < -0.39 is 24.3 Å². The molecule has 0 aliphatic carbocycles. The summed E-state index contributed by atoms with van der Waals surface area (Å²) in [7, 11) is 0. The molecule has 5 rings (SSSR count). The van der Waals surface area contributed by atoms with E-state index in [0.717, 1.165) is 60.8 Å². The number of carboxylic acid groups (broad SMARTS) is 2. The lowest BCUT2D eigenvalue weighted by atomic mass is 9.97. The van der Waals surface area contributed by atoms with E-state index in [1.807, 2.05) is 53.4 Å². The maximum Gasteiger partial charge on any atom is 0.490 e. The van der Waals surface area contributed by atoms with Crippen LogP contribution in [0, 0.1) is 0 Å². The van der Waals surface area contributed by atoms with Crippen LogP contribution in [0.4, 0.5) is 26.3 Å². The van der Waals surface area contributed by atoms with E-state index in [9.17, 15) is 26.3 Å². The molecular formula is C26H24F6N6O4. The Bertz CT molecular complexity index is 1440. The van der Waals surface area contributed by atoms with Gasteiger partial charge in [0.2, 0.25) is 0 Å². The summed E-state index contributed by atoms with van der Waals surface area (Å²) in [6.07, 6.45) is -0.340. The Kier molecular flexibility index (Phi) is 10.5. The van der Waals surface area contributed by atoms with Gasteiger partial charge in [0.05, 0.1) is 5.69 Å². The first kappa shape index (κ1) is 31.9. The summed E-state index contributed by atoms with van der Waals surface area (Å²) in [5, 5.41) is 19.1. The zero-order valence-electron chi connectivity index (χ0n) is 21.6. The molecule has 2 N–H and O–H groups in total. The number of carbonyl (C=O) groups is 2. The van der Waals surface area contributed by atoms with Gasteiger partial charge in [-0.15, -0.1) is 0 Å². The summed E-state index contributed by atoms with van der Waals surface area (Å²) in [6, 6.07) is 14.3. The number of halogens is 6. The summed E-state index contributed by atoms with van der Waals surface area (Å²) in [6.45, 7) is 2.97. The minimum atomic E-state index is -5.08. The summed E-state index contributed by atoms with van der Waals surface area (Å²) in [4.78, 5) is 33.6. The normalized spacial score (nSPS) is 15.6. The van der Waals surface area contributed by atoms with Crippen LogP contribution in [0.15, 0.2) is 67.3 Å². The van der Waals surface area contributed by atoms with E-state index in [4.69, 9.17) is 29.9 Å². The number of hydrogen-bond acceptors (Lipinski definition) is 7. The number of rotatable bonds is 4. The first-order chi connectivity index (χ1) is 19.7. The van der Waals surface area contributed by atoms with Gasteiger partial charge in [-0.25, -0.2) is 19.1 Å². The smallest absolute Gasteiger partial charge is 0.475 e. The topological polar surface area (TPSA) is 134 Å². The lowest BCUT2D eigenvalue weighted by Crippen LogP contribution is -2.34. The second kappa shape index (κ2) is 13.8. The molecule has 42 heavy (non-hydrogen) atoms. The van der Waals surface area contributed by atoms with Crippen LogP contribution in [0.1, 0.15) is 30.3 Å². The Morgan fingerprint density at radius 2 is 1.52 bits per heavy atom. The van der Waals surface area contributed by atoms with E-state index in [-0.39, 0.29) is 0 Å². The fourth-order valence-corrected chi connectivity index (χ4v) is 3.92. The zero-order chi connectivity index (χ0) is 30.9. The van der Waals surface area contributed by atoms with Crippen molar-refractivity contribution in [3.63, 3.8) is 0 Å². The molecule has 16 heteroatoms. The molecule has 224 valence electrons. The van der Waals surface area contributed by atoms with Crippen LogP contribution < -0.4 is 0 Å². The molecule has 1 atom stereocenters. The Labute approximate surface area is 234 Å². The summed E-state index contributed by atoms with van der Waals surface area (Å²) < 4.78 is 65.4. The predicted octanol–water partition coefficient (Wildman–Crippen LogP) is 4.83. The minimum absolute atomic E-state index is 0.363. The third-order valence-corrected chi connectivity index (χ3v) is 5.83. The Morgan fingerprint density at radius 3 is 2.10 bits per heavy atom. The standard InChI is InChI=1S/C22H22N6.2C2HF3O2/c1-2-10-24-20(5-1)16-27-13-3-4-19(14-27)22-25-21-7-6-18(15-28(21)26-22)17-8-11-23-12-9-17;2*3-2(4,5)1(6)7/h1-2,5-12,15,19H,3-4,13-14,16H2;2*(H,6,7). The van der Waals surface area contributed by atoms with Crippen LogP contribution >= 0.6 is 0 Å². The van der Waals surface area contributed by atoms with Crippen molar-refractivity contribution >= 4 is 17.6 Å². The highest BCUT2D eigenvalue weighted by molar-refractivity contribution is 5.73. The van der Waals surface area contributed by atoms with Crippen molar-refractivity contribution < 1.29 is 46.1 Å². The summed E-state index contributed by atoms with van der Waals surface area (Å²) in [5.74, 6) is -4.21. The second-order valence-corrected chi connectivity index (χ2v) is 8.93. The number of pyridine rings is 3. The van der Waals surface area contributed by atoms with E-state index in [1.165, 1.54) is 0 Å². The van der Waals surface area contributed by atoms with Gasteiger partial charge in [0.15, 0.2) is 11.5 Å². The molecule has 5 heterocycles. The number of aromatic nitrogens is 5. The van der Waals surface area contributed by atoms with Gasteiger partial charge in [0, 0.05) is 49.4 Å². The number of fused-ring (bicyclic) bond motifs is 1. The maximum absolute atomic E-state index is 10.6. The van der Waals surface area contributed by atoms with Crippen LogP contribution in [0.2, 0.25) is 0 Å². The van der Waals surface area contributed by atoms with E-state index in [0.29, 0.717) is 5.92 Å². The third kappa shape index (κ3) is 9.50. The lowest BCUT2D eigenvalue weighted by molar-refractivity contribution is -0.193. The highest BCUT2D eigenvalue weighted by Crippen LogP contribution is 2.27. The molecule has 0 amide bonds. The largest absolute Gasteiger partial charge is 0.490 e. The Hall–Kier alpha value is -4.60. The summed E-state index contributed by atoms with van der Waals surface area (Å²) >= 11 is 0. The van der Waals surface area contributed by atoms with Crippen LogP contribution in [0.25, 0.3) is 16.8 Å². The minimum Gasteiger partial charge on any atom is -0.475 e. The molecule has 1 aliphatic heterocycles. The van der Waals surface area contributed by atoms with Crippen molar-refractivity contribution in [2.45, 2.75) is 37.7 Å². The Balaban J connectivity index is 0.000000289. The zero-order valence-corrected chi connectivity index (χ0v) is 21.6. The second-order valence-electron chi connectivity index (χ2n) is 8.93. The van der Waals surface area contributed by atoms with Crippen molar-refractivity contribution in [2.75, 3.05) is 13.1 Å². The monoisotopic (exact) mass is 598 g/mol. The maximum atomic E-state index is 10.6. The van der Waals surface area contributed by atoms with Gasteiger partial charge in [-0.3, -0.25) is 14.9 Å². The summed E-state index contributed by atoms with van der Waals surface area (Å²) in [5.41, 5.74) is 4.27. The van der Waals surface area contributed by atoms with Gasteiger partial charge >= 0.3 is 24.3 Å². The fourth-order valence-electron chi connectivity index (χ4n) is 3.92. The van der Waals surface area contributed by atoms with Gasteiger partial charge in [0.25, 0.3) is 0 Å². The van der Waals surface area contributed by atoms with Gasteiger partial charge < -0.3 is 10.2 Å². The molecule has 0 spiro atoms. The molecule has 0 bridgehead atoms. The van der Waals surface area contributed by atoms with Crippen LogP contribution in [-0.4, -0.2) is 77.1 Å². The number of likely N-dealkylation sites (tertiary alicyclic amines) is 1. The molecule has 1 fully saturated rings. The van der Waals surface area contributed by atoms with Gasteiger partial charge in [-0.05, 0) is 61.3 Å². The Morgan fingerprint density at radius 1 is 0.881 bits per heavy atom. The highest BCUT2D eigenvalue weighted by atomic mass is 19.4. The molecule has 0 radical (unpaired) electrons. The van der Waals surface area contributed by atoms with Crippen LogP contribution in [0.5, 0.6) is 0 Å². The fraction of sp³-hybridized carbons (Fsp3) is 0.308. The van der Waals surface area contributed by atoms with Crippen molar-refractivity contribution in [1.82, 2.24) is 29.5 Å². The molecule has 4 aromatic rings. The molecule has 0 aromatic carbocycles. The number of piperidine rings is 1. The van der Waals surface area contributed by atoms with Crippen molar-refractivity contribution in [3.05, 3.63) is 78.8 Å². The molecular weight excluding hydrogens is 574 g/mol. The number of hydrogen-bond donors (Lipinski definition) is 2. The highest BCUT2D eigenvalue weighted by Gasteiger charge is 2.38. The number of aliphatic carboxylic acids is 2. The number of alkyl halides is 6. The van der Waals surface area contributed by atoms with E-state index in [2.05, 4.69) is 33.2 Å². The molecule has 1 saturated heterocycles. The average molecular weight is 599 g/mol. The van der Waals surface area contributed by atoms with Gasteiger partial charge in [-0.1, -0.05) is 6.07 Å². The molecule has 1 unspecified atom stereocenters.